The third-order valence-electron chi connectivity index (χ3n) is 2.04. The van der Waals surface area contributed by atoms with Crippen LogP contribution < -0.4 is 0 Å². The van der Waals surface area contributed by atoms with Crippen LogP contribution in [0, 0.1) is 22.7 Å². The summed E-state index contributed by atoms with van der Waals surface area (Å²) in [6, 6.07) is 8.95. The Bertz CT molecular complexity index is 500. The number of carboxylic acids is 1. The van der Waals surface area contributed by atoms with Crippen LogP contribution in [-0.2, 0) is 4.79 Å². The third kappa shape index (κ3) is 4.18. The van der Waals surface area contributed by atoms with Gasteiger partial charge in [-0.3, -0.25) is 4.79 Å². The average molecular weight is 246 g/mol. The second-order valence-electron chi connectivity index (χ2n) is 3.28. The molecule has 86 valence electrons. The number of carbonyl (C=O) groups is 1. The van der Waals surface area contributed by atoms with E-state index in [0.717, 1.165) is 4.90 Å². The van der Waals surface area contributed by atoms with E-state index in [1.807, 2.05) is 12.1 Å². The minimum atomic E-state index is -0.803. The van der Waals surface area contributed by atoms with Crippen LogP contribution in [0.15, 0.2) is 23.1 Å². The standard InChI is InChI=1S/C12H10N2O2S/c13-7-9-3-4-11(6-10(9)8-14)17-5-1-2-12(15)16/h3-4,6H,1-2,5H2,(H,15,16). The number of thioether (sulfide) groups is 1. The van der Waals surface area contributed by atoms with E-state index in [1.54, 1.807) is 18.2 Å². The molecule has 0 radical (unpaired) electrons. The van der Waals surface area contributed by atoms with E-state index in [9.17, 15) is 4.79 Å². The second kappa shape index (κ2) is 6.57. The Hall–Kier alpha value is -1.98. The first-order chi connectivity index (χ1) is 8.17. The molecule has 17 heavy (non-hydrogen) atoms. The van der Waals surface area contributed by atoms with Crippen molar-refractivity contribution in [3.8, 4) is 12.1 Å². The normalized spacial score (nSPS) is 9.29. The summed E-state index contributed by atoms with van der Waals surface area (Å²) >= 11 is 1.49. The number of nitriles is 2. The van der Waals surface area contributed by atoms with Gasteiger partial charge in [-0.1, -0.05) is 0 Å². The van der Waals surface area contributed by atoms with Crippen LogP contribution in [-0.4, -0.2) is 16.8 Å². The van der Waals surface area contributed by atoms with Crippen LogP contribution in [0.1, 0.15) is 24.0 Å². The van der Waals surface area contributed by atoms with Crippen molar-refractivity contribution in [3.63, 3.8) is 0 Å². The lowest BCUT2D eigenvalue weighted by molar-refractivity contribution is -0.137. The Morgan fingerprint density at radius 2 is 2.00 bits per heavy atom. The second-order valence-corrected chi connectivity index (χ2v) is 4.45. The van der Waals surface area contributed by atoms with Gasteiger partial charge in [-0.25, -0.2) is 0 Å². The monoisotopic (exact) mass is 246 g/mol. The van der Waals surface area contributed by atoms with Gasteiger partial charge in [0, 0.05) is 11.3 Å². The maximum Gasteiger partial charge on any atom is 0.303 e. The molecule has 1 aromatic rings. The van der Waals surface area contributed by atoms with Gasteiger partial charge in [0.1, 0.15) is 12.1 Å². The van der Waals surface area contributed by atoms with Gasteiger partial charge in [0.25, 0.3) is 0 Å². The number of nitrogens with zero attached hydrogens (tertiary/aromatic N) is 2. The molecule has 0 aliphatic heterocycles. The molecule has 5 heteroatoms. The van der Waals surface area contributed by atoms with E-state index < -0.39 is 5.97 Å². The van der Waals surface area contributed by atoms with Crippen LogP contribution in [0.3, 0.4) is 0 Å². The quantitative estimate of drug-likeness (QED) is 0.636. The summed E-state index contributed by atoms with van der Waals surface area (Å²) in [5.74, 6) is -0.119. The number of benzene rings is 1. The molecule has 0 saturated carbocycles. The lowest BCUT2D eigenvalue weighted by atomic mass is 10.1. The van der Waals surface area contributed by atoms with E-state index >= 15 is 0 Å². The molecule has 0 heterocycles. The highest BCUT2D eigenvalue weighted by Gasteiger charge is 2.03. The Morgan fingerprint density at radius 3 is 2.59 bits per heavy atom. The zero-order chi connectivity index (χ0) is 12.7. The number of aliphatic carboxylic acids is 1. The number of hydrogen-bond donors (Lipinski definition) is 1. The first-order valence-electron chi connectivity index (χ1n) is 4.96. The van der Waals surface area contributed by atoms with Crippen molar-refractivity contribution >= 4 is 17.7 Å². The molecule has 0 fully saturated rings. The SMILES string of the molecule is N#Cc1ccc(SCCCC(=O)O)cc1C#N. The number of hydrogen-bond acceptors (Lipinski definition) is 4. The molecule has 1 aromatic carbocycles. The van der Waals surface area contributed by atoms with Crippen LogP contribution in [0.25, 0.3) is 0 Å². The van der Waals surface area contributed by atoms with Gasteiger partial charge in [0.2, 0.25) is 0 Å². The van der Waals surface area contributed by atoms with Gasteiger partial charge >= 0.3 is 5.97 Å². The molecule has 0 bridgehead atoms. The van der Waals surface area contributed by atoms with Crippen molar-refractivity contribution < 1.29 is 9.90 Å². The first-order valence-corrected chi connectivity index (χ1v) is 5.94. The van der Waals surface area contributed by atoms with E-state index in [1.165, 1.54) is 11.8 Å². The molecule has 0 spiro atoms. The smallest absolute Gasteiger partial charge is 0.303 e. The fourth-order valence-electron chi connectivity index (χ4n) is 1.22. The van der Waals surface area contributed by atoms with Gasteiger partial charge in [-0.05, 0) is 30.4 Å². The largest absolute Gasteiger partial charge is 0.481 e. The Kier molecular flexibility index (Phi) is 5.06. The molecule has 0 amide bonds. The molecule has 0 unspecified atom stereocenters. The van der Waals surface area contributed by atoms with Crippen LogP contribution in [0.4, 0.5) is 0 Å². The molecule has 0 aliphatic carbocycles. The van der Waals surface area contributed by atoms with Gasteiger partial charge in [-0.15, -0.1) is 11.8 Å². The molecule has 4 nitrogen and oxygen atoms in total. The van der Waals surface area contributed by atoms with Gasteiger partial charge in [0.15, 0.2) is 0 Å². The molecule has 0 saturated heterocycles. The molecule has 1 rings (SSSR count). The van der Waals surface area contributed by atoms with E-state index in [4.69, 9.17) is 15.6 Å². The van der Waals surface area contributed by atoms with Crippen LogP contribution in [0.5, 0.6) is 0 Å². The summed E-state index contributed by atoms with van der Waals surface area (Å²) in [7, 11) is 0. The highest BCUT2D eigenvalue weighted by atomic mass is 32.2. The van der Waals surface area contributed by atoms with Crippen molar-refractivity contribution in [2.24, 2.45) is 0 Å². The van der Waals surface area contributed by atoms with Crippen molar-refractivity contribution in [2.45, 2.75) is 17.7 Å². The van der Waals surface area contributed by atoms with E-state index in [-0.39, 0.29) is 6.42 Å². The maximum absolute atomic E-state index is 10.3. The third-order valence-corrected chi connectivity index (χ3v) is 3.12. The zero-order valence-electron chi connectivity index (χ0n) is 9.01. The Balaban J connectivity index is 2.59. The van der Waals surface area contributed by atoms with Gasteiger partial charge < -0.3 is 5.11 Å². The van der Waals surface area contributed by atoms with Crippen molar-refractivity contribution in [1.82, 2.24) is 0 Å². The minimum Gasteiger partial charge on any atom is -0.481 e. The first kappa shape index (κ1) is 13.1. The molecule has 0 aliphatic rings. The molecule has 0 aromatic heterocycles. The fraction of sp³-hybridized carbons (Fsp3) is 0.250. The highest BCUT2D eigenvalue weighted by molar-refractivity contribution is 7.99. The Labute approximate surface area is 103 Å². The van der Waals surface area contributed by atoms with Crippen molar-refractivity contribution in [3.05, 3.63) is 29.3 Å². The number of rotatable bonds is 5. The van der Waals surface area contributed by atoms with Crippen molar-refractivity contribution in [1.29, 1.82) is 10.5 Å². The summed E-state index contributed by atoms with van der Waals surface area (Å²) in [6.45, 7) is 0. The highest BCUT2D eigenvalue weighted by Crippen LogP contribution is 2.22. The summed E-state index contributed by atoms with van der Waals surface area (Å²) < 4.78 is 0. The summed E-state index contributed by atoms with van der Waals surface area (Å²) in [4.78, 5) is 11.2. The lowest BCUT2D eigenvalue weighted by Gasteiger charge is -2.01. The zero-order valence-corrected chi connectivity index (χ0v) is 9.83. The van der Waals surface area contributed by atoms with Crippen LogP contribution >= 0.6 is 11.8 Å². The molecular weight excluding hydrogens is 236 g/mol. The summed E-state index contributed by atoms with van der Waals surface area (Å²) in [6.07, 6.45) is 0.732. The van der Waals surface area contributed by atoms with Crippen LogP contribution in [0.2, 0.25) is 0 Å². The predicted octanol–water partition coefficient (Wildman–Crippen LogP) is 2.39. The predicted molar refractivity (Wildman–Crippen MR) is 63.5 cm³/mol. The summed E-state index contributed by atoms with van der Waals surface area (Å²) in [5, 5.41) is 26.0. The maximum atomic E-state index is 10.3. The molecule has 0 atom stereocenters. The van der Waals surface area contributed by atoms with Gasteiger partial charge in [-0.2, -0.15) is 10.5 Å². The fourth-order valence-corrected chi connectivity index (χ4v) is 2.11. The topological polar surface area (TPSA) is 84.9 Å². The minimum absolute atomic E-state index is 0.147. The van der Waals surface area contributed by atoms with Gasteiger partial charge in [0.05, 0.1) is 11.1 Å². The molecule has 1 N–H and O–H groups in total. The number of carboxylic acid groups (broad SMARTS) is 1. The molecular formula is C12H10N2O2S. The average Bonchev–Trinajstić information content (AvgIpc) is 2.34. The van der Waals surface area contributed by atoms with E-state index in [2.05, 4.69) is 0 Å². The van der Waals surface area contributed by atoms with Crippen molar-refractivity contribution in [2.75, 3.05) is 5.75 Å². The Morgan fingerprint density at radius 1 is 1.29 bits per heavy atom. The summed E-state index contributed by atoms with van der Waals surface area (Å²) in [5.41, 5.74) is 0.720. The lowest BCUT2D eigenvalue weighted by Crippen LogP contribution is -1.94. The van der Waals surface area contributed by atoms with E-state index in [0.29, 0.717) is 23.3 Å².